The molecule has 0 bridgehead atoms. The number of halogens is 1. The summed E-state index contributed by atoms with van der Waals surface area (Å²) in [6, 6.07) is 12.4. The molecule has 0 spiro atoms. The Morgan fingerprint density at radius 1 is 1.26 bits per heavy atom. The largest absolute Gasteiger partial charge is 0.497 e. The van der Waals surface area contributed by atoms with Crippen molar-refractivity contribution in [2.45, 2.75) is 19.5 Å². The van der Waals surface area contributed by atoms with E-state index in [0.29, 0.717) is 46.6 Å². The van der Waals surface area contributed by atoms with Crippen LogP contribution in [-0.2, 0) is 11.3 Å². The molecule has 2 amide bonds. The predicted octanol–water partition coefficient (Wildman–Crippen LogP) is 3.04. The van der Waals surface area contributed by atoms with Gasteiger partial charge in [0.05, 0.1) is 30.5 Å². The van der Waals surface area contributed by atoms with Crippen molar-refractivity contribution < 1.29 is 19.4 Å². The van der Waals surface area contributed by atoms with Crippen molar-refractivity contribution in [3.63, 3.8) is 0 Å². The molecule has 0 aliphatic carbocycles. The number of carbonyl (C=O) groups excluding carboxylic acids is 2. The third-order valence-electron chi connectivity index (χ3n) is 5.70. The maximum atomic E-state index is 13.1. The van der Waals surface area contributed by atoms with E-state index in [0.717, 1.165) is 11.1 Å². The summed E-state index contributed by atoms with van der Waals surface area (Å²) in [4.78, 5) is 35.8. The van der Waals surface area contributed by atoms with Gasteiger partial charge in [0.15, 0.2) is 0 Å². The van der Waals surface area contributed by atoms with E-state index in [4.69, 9.17) is 21.4 Å². The van der Waals surface area contributed by atoms with Crippen LogP contribution in [-0.4, -0.2) is 58.6 Å². The lowest BCUT2D eigenvalue weighted by Gasteiger charge is -2.19. The van der Waals surface area contributed by atoms with Crippen molar-refractivity contribution in [3.05, 3.63) is 70.4 Å². The maximum absolute atomic E-state index is 13.1. The third-order valence-corrected chi connectivity index (χ3v) is 6.02. The first-order valence-electron chi connectivity index (χ1n) is 11.1. The van der Waals surface area contributed by atoms with Crippen LogP contribution < -0.4 is 15.4 Å². The first kappa shape index (κ1) is 24.4. The van der Waals surface area contributed by atoms with Crippen LogP contribution in [0.15, 0.2) is 48.7 Å². The number of carbonyl (C=O) groups is 2. The van der Waals surface area contributed by atoms with Crippen molar-refractivity contribution >= 4 is 29.4 Å². The van der Waals surface area contributed by atoms with Gasteiger partial charge in [0, 0.05) is 30.4 Å². The predicted molar refractivity (Wildman–Crippen MR) is 132 cm³/mol. The molecule has 1 atom stereocenters. The molecule has 0 unspecified atom stereocenters. The Labute approximate surface area is 208 Å². The lowest BCUT2D eigenvalue weighted by atomic mass is 10.0. The van der Waals surface area contributed by atoms with Crippen molar-refractivity contribution in [2.24, 2.45) is 0 Å². The fourth-order valence-electron chi connectivity index (χ4n) is 3.93. The molecule has 9 nitrogen and oxygen atoms in total. The molecule has 10 heteroatoms. The average molecular weight is 496 g/mol. The van der Waals surface area contributed by atoms with E-state index >= 15 is 0 Å². The number of methoxy groups -OCH3 is 1. The Hall–Kier alpha value is -3.69. The summed E-state index contributed by atoms with van der Waals surface area (Å²) in [6.45, 7) is 2.36. The number of aliphatic hydroxyl groups is 1. The second kappa shape index (κ2) is 10.7. The number of ether oxygens (including phenoxy) is 1. The van der Waals surface area contributed by atoms with Gasteiger partial charge < -0.3 is 25.4 Å². The van der Waals surface area contributed by atoms with Crippen LogP contribution >= 0.6 is 11.6 Å². The van der Waals surface area contributed by atoms with Gasteiger partial charge in [-0.25, -0.2) is 9.97 Å². The summed E-state index contributed by atoms with van der Waals surface area (Å²) in [6.07, 6.45) is 1.58. The van der Waals surface area contributed by atoms with Gasteiger partial charge in [0.2, 0.25) is 11.9 Å². The Morgan fingerprint density at radius 3 is 2.86 bits per heavy atom. The molecule has 4 rings (SSSR count). The minimum atomic E-state index is -0.261. The molecule has 0 fully saturated rings. The summed E-state index contributed by atoms with van der Waals surface area (Å²) in [5, 5.41) is 15.3. The Morgan fingerprint density at radius 2 is 2.09 bits per heavy atom. The number of hydrogen-bond donors (Lipinski definition) is 3. The molecule has 3 N–H and O–H groups in total. The summed E-state index contributed by atoms with van der Waals surface area (Å²) < 4.78 is 5.24. The fraction of sp³-hybridized carbons (Fsp3) is 0.280. The number of nitrogens with one attached hydrogen (secondary N) is 2. The van der Waals surface area contributed by atoms with Gasteiger partial charge in [-0.3, -0.25) is 9.59 Å². The highest BCUT2D eigenvalue weighted by Gasteiger charge is 2.30. The van der Waals surface area contributed by atoms with E-state index in [1.54, 1.807) is 31.5 Å². The van der Waals surface area contributed by atoms with Crippen molar-refractivity contribution in [3.8, 4) is 17.0 Å². The van der Waals surface area contributed by atoms with Gasteiger partial charge in [-0.1, -0.05) is 23.7 Å². The van der Waals surface area contributed by atoms with Gasteiger partial charge in [0.25, 0.3) is 5.91 Å². The number of nitrogens with zero attached hydrogens (tertiary/aromatic N) is 3. The second-order valence-corrected chi connectivity index (χ2v) is 8.54. The SMILES string of the molecule is COc1cccc([C@@H](C)NC(=O)CN2Cc3cc(Cl)c(-c4ccnc(NCCO)n4)cc3C2=O)c1. The number of anilines is 1. The van der Waals surface area contributed by atoms with E-state index in [-0.39, 0.29) is 31.0 Å². The highest BCUT2D eigenvalue weighted by Crippen LogP contribution is 2.34. The molecular formula is C25H26ClN5O4. The molecular weight excluding hydrogens is 470 g/mol. The zero-order valence-corrected chi connectivity index (χ0v) is 20.2. The molecule has 1 aliphatic heterocycles. The summed E-state index contributed by atoms with van der Waals surface area (Å²) >= 11 is 6.52. The van der Waals surface area contributed by atoms with E-state index in [1.807, 2.05) is 31.2 Å². The van der Waals surface area contributed by atoms with Gasteiger partial charge in [-0.05, 0) is 48.4 Å². The zero-order chi connectivity index (χ0) is 24.9. The zero-order valence-electron chi connectivity index (χ0n) is 19.4. The summed E-state index contributed by atoms with van der Waals surface area (Å²) in [5.74, 6) is 0.558. The van der Waals surface area contributed by atoms with Crippen LogP contribution in [0, 0.1) is 0 Å². The minimum Gasteiger partial charge on any atom is -0.497 e. The molecule has 1 aliphatic rings. The standard InChI is InChI=1S/C25H26ClN5O4/c1-15(16-4-3-5-18(10-16)35-2)29-23(33)14-31-13-17-11-21(26)20(12-19(17)24(31)34)22-6-7-27-25(30-22)28-8-9-32/h3-7,10-12,15,32H,8-9,13-14H2,1-2H3,(H,29,33)(H,27,28,30)/t15-/m1/s1. The first-order valence-corrected chi connectivity index (χ1v) is 11.5. The number of aromatic nitrogens is 2. The third kappa shape index (κ3) is 5.52. The molecule has 0 saturated heterocycles. The number of fused-ring (bicyclic) bond motifs is 1. The summed E-state index contributed by atoms with van der Waals surface area (Å²) in [5.41, 5.74) is 3.28. The van der Waals surface area contributed by atoms with Crippen molar-refractivity contribution in [1.82, 2.24) is 20.2 Å². The highest BCUT2D eigenvalue weighted by molar-refractivity contribution is 6.33. The van der Waals surface area contributed by atoms with Crippen LogP contribution in [0.25, 0.3) is 11.3 Å². The van der Waals surface area contributed by atoms with Crippen molar-refractivity contribution in [2.75, 3.05) is 32.1 Å². The molecule has 0 radical (unpaired) electrons. The Bertz CT molecular complexity index is 1250. The van der Waals surface area contributed by atoms with E-state index in [9.17, 15) is 9.59 Å². The van der Waals surface area contributed by atoms with Crippen LogP contribution in [0.2, 0.25) is 5.02 Å². The second-order valence-electron chi connectivity index (χ2n) is 8.13. The minimum absolute atomic E-state index is 0.0522. The van der Waals surface area contributed by atoms with Gasteiger partial charge in [0.1, 0.15) is 12.3 Å². The molecule has 3 aromatic rings. The first-order chi connectivity index (χ1) is 16.9. The number of hydrogen-bond acceptors (Lipinski definition) is 7. The number of benzene rings is 2. The smallest absolute Gasteiger partial charge is 0.254 e. The Balaban J connectivity index is 1.46. The molecule has 2 heterocycles. The summed E-state index contributed by atoms with van der Waals surface area (Å²) in [7, 11) is 1.59. The van der Waals surface area contributed by atoms with Gasteiger partial charge in [-0.2, -0.15) is 0 Å². The van der Waals surface area contributed by atoms with Crippen molar-refractivity contribution in [1.29, 1.82) is 0 Å². The average Bonchev–Trinajstić information content (AvgIpc) is 3.15. The van der Waals surface area contributed by atoms with E-state index in [2.05, 4.69) is 20.6 Å². The van der Waals surface area contributed by atoms with Crippen LogP contribution in [0.5, 0.6) is 5.75 Å². The topological polar surface area (TPSA) is 117 Å². The fourth-order valence-corrected chi connectivity index (χ4v) is 4.22. The molecule has 182 valence electrons. The number of aliphatic hydroxyl groups excluding tert-OH is 1. The molecule has 2 aromatic carbocycles. The van der Waals surface area contributed by atoms with Crippen LogP contribution in [0.3, 0.4) is 0 Å². The highest BCUT2D eigenvalue weighted by atomic mass is 35.5. The van der Waals surface area contributed by atoms with E-state index in [1.165, 1.54) is 4.90 Å². The Kier molecular flexibility index (Phi) is 7.48. The van der Waals surface area contributed by atoms with E-state index < -0.39 is 0 Å². The molecule has 1 aromatic heterocycles. The maximum Gasteiger partial charge on any atom is 0.254 e. The monoisotopic (exact) mass is 495 g/mol. The van der Waals surface area contributed by atoms with Gasteiger partial charge >= 0.3 is 0 Å². The number of amides is 2. The van der Waals surface area contributed by atoms with Gasteiger partial charge in [-0.15, -0.1) is 0 Å². The lowest BCUT2D eigenvalue weighted by molar-refractivity contribution is -0.122. The molecule has 35 heavy (non-hydrogen) atoms. The molecule has 0 saturated carbocycles. The normalized spacial score (nSPS) is 13.4. The number of rotatable bonds is 9. The quantitative estimate of drug-likeness (QED) is 0.417. The van der Waals surface area contributed by atoms with Crippen LogP contribution in [0.1, 0.15) is 34.5 Å². The lowest BCUT2D eigenvalue weighted by Crippen LogP contribution is -2.38. The van der Waals surface area contributed by atoms with Crippen LogP contribution in [0.4, 0.5) is 5.95 Å².